The minimum Gasteiger partial charge on any atom is -0.390 e. The number of carbonyl (C=O) groups excluding carboxylic acids is 2. The van der Waals surface area contributed by atoms with Crippen LogP contribution in [0.25, 0.3) is 22.8 Å². The second-order valence-corrected chi connectivity index (χ2v) is 9.33. The lowest BCUT2D eigenvalue weighted by Gasteiger charge is -2.19. The molecule has 36 heavy (non-hydrogen) atoms. The van der Waals surface area contributed by atoms with E-state index in [-0.39, 0.29) is 24.2 Å². The van der Waals surface area contributed by atoms with Gasteiger partial charge in [-0.15, -0.1) is 0 Å². The molecule has 3 aromatic rings. The molecule has 186 valence electrons. The molecule has 1 aromatic heterocycles. The average Bonchev–Trinajstić information content (AvgIpc) is 3.58. The molecule has 1 saturated heterocycles. The molecule has 2 aliphatic rings. The Labute approximate surface area is 209 Å². The van der Waals surface area contributed by atoms with Gasteiger partial charge in [0.2, 0.25) is 0 Å². The van der Waals surface area contributed by atoms with Crippen LogP contribution in [-0.4, -0.2) is 59.1 Å². The van der Waals surface area contributed by atoms with Crippen LogP contribution < -0.4 is 10.6 Å². The molecule has 8 heteroatoms. The van der Waals surface area contributed by atoms with Crippen LogP contribution in [0.3, 0.4) is 0 Å². The van der Waals surface area contributed by atoms with Gasteiger partial charge in [-0.1, -0.05) is 30.3 Å². The molecule has 2 amide bonds. The maximum Gasteiger partial charge on any atom is 0.256 e. The number of anilines is 1. The Morgan fingerprint density at radius 1 is 1.17 bits per heavy atom. The van der Waals surface area contributed by atoms with Crippen molar-refractivity contribution in [3.8, 4) is 11.1 Å². The summed E-state index contributed by atoms with van der Waals surface area (Å²) in [5.74, 6) is -0.956. The summed E-state index contributed by atoms with van der Waals surface area (Å²) in [7, 11) is 0. The van der Waals surface area contributed by atoms with E-state index >= 15 is 0 Å². The number of hydrogen-bond donors (Lipinski definition) is 4. The molecule has 0 bridgehead atoms. The van der Waals surface area contributed by atoms with E-state index in [0.717, 1.165) is 25.9 Å². The molecule has 2 aromatic carbocycles. The van der Waals surface area contributed by atoms with Crippen LogP contribution >= 0.6 is 0 Å². The SMILES string of the molecule is Cc1c(C(=O)NC[C@H](O)CN2CCCC2)c[nH]c1C=C1C(=O)Nc2cccc(-c3ccccc3F)c21. The molecular formula is C28H29FN4O3. The lowest BCUT2D eigenvalue weighted by atomic mass is 9.94. The fourth-order valence-electron chi connectivity index (χ4n) is 4.97. The average molecular weight is 489 g/mol. The summed E-state index contributed by atoms with van der Waals surface area (Å²) in [6.07, 6.45) is 4.94. The van der Waals surface area contributed by atoms with Crippen molar-refractivity contribution in [1.82, 2.24) is 15.2 Å². The molecule has 5 rings (SSSR count). The maximum absolute atomic E-state index is 14.6. The number of β-amino-alcohol motifs (C(OH)–C–C–N with tert-alkyl or cyclic N) is 1. The fraction of sp³-hybridized carbons (Fsp3) is 0.286. The lowest BCUT2D eigenvalue weighted by Crippen LogP contribution is -2.39. The minimum absolute atomic E-state index is 0.165. The standard InChI is InChI=1S/C28H29FN4O3/c1-17-22(27(35)31-14-18(34)16-33-11-4-5-12-33)15-30-25(17)13-21-26-20(19-7-2-3-9-23(19)29)8-6-10-24(26)32-28(21)36/h2-3,6-10,13,15,18,30,34H,4-5,11-12,14,16H2,1H3,(H,31,35)(H,32,36)/t18-/m0/s1. The number of amides is 2. The first-order valence-electron chi connectivity index (χ1n) is 12.2. The monoisotopic (exact) mass is 488 g/mol. The number of rotatable bonds is 7. The number of carbonyl (C=O) groups is 2. The molecule has 2 aliphatic heterocycles. The first kappa shape index (κ1) is 24.0. The molecule has 1 atom stereocenters. The largest absolute Gasteiger partial charge is 0.390 e. The zero-order valence-electron chi connectivity index (χ0n) is 20.1. The van der Waals surface area contributed by atoms with E-state index in [1.807, 2.05) is 0 Å². The normalized spacial score (nSPS) is 17.3. The molecule has 4 N–H and O–H groups in total. The van der Waals surface area contributed by atoms with Gasteiger partial charge in [0, 0.05) is 41.8 Å². The van der Waals surface area contributed by atoms with E-state index < -0.39 is 6.10 Å². The summed E-state index contributed by atoms with van der Waals surface area (Å²) < 4.78 is 14.6. The maximum atomic E-state index is 14.6. The third kappa shape index (κ3) is 4.69. The van der Waals surface area contributed by atoms with Crippen LogP contribution in [0.4, 0.5) is 10.1 Å². The zero-order valence-corrected chi connectivity index (χ0v) is 20.1. The van der Waals surface area contributed by atoms with Crippen molar-refractivity contribution in [2.24, 2.45) is 0 Å². The number of aliphatic hydroxyl groups is 1. The third-order valence-electron chi connectivity index (χ3n) is 6.87. The highest BCUT2D eigenvalue weighted by Crippen LogP contribution is 2.41. The van der Waals surface area contributed by atoms with Crippen molar-refractivity contribution >= 4 is 29.2 Å². The number of nitrogens with zero attached hydrogens (tertiary/aromatic N) is 1. The molecule has 0 radical (unpaired) electrons. The Balaban J connectivity index is 1.38. The van der Waals surface area contributed by atoms with Crippen LogP contribution in [0.5, 0.6) is 0 Å². The van der Waals surface area contributed by atoms with Crippen molar-refractivity contribution in [2.75, 3.05) is 31.5 Å². The molecule has 3 heterocycles. The van der Waals surface area contributed by atoms with Gasteiger partial charge < -0.3 is 25.6 Å². The third-order valence-corrected chi connectivity index (χ3v) is 6.87. The second kappa shape index (κ2) is 10.1. The van der Waals surface area contributed by atoms with Crippen molar-refractivity contribution < 1.29 is 19.1 Å². The van der Waals surface area contributed by atoms with Crippen LogP contribution in [0.1, 0.15) is 40.0 Å². The minimum atomic E-state index is -0.636. The topological polar surface area (TPSA) is 97.5 Å². The number of fused-ring (bicyclic) bond motifs is 1. The van der Waals surface area contributed by atoms with E-state index in [4.69, 9.17) is 0 Å². The Morgan fingerprint density at radius 3 is 2.69 bits per heavy atom. The summed E-state index contributed by atoms with van der Waals surface area (Å²) >= 11 is 0. The van der Waals surface area contributed by atoms with Gasteiger partial charge in [-0.3, -0.25) is 9.59 Å². The van der Waals surface area contributed by atoms with Gasteiger partial charge in [-0.05, 0) is 62.2 Å². The highest BCUT2D eigenvalue weighted by molar-refractivity contribution is 6.36. The van der Waals surface area contributed by atoms with Crippen molar-refractivity contribution in [3.05, 3.63) is 76.9 Å². The van der Waals surface area contributed by atoms with E-state index in [1.54, 1.807) is 55.6 Å². The summed E-state index contributed by atoms with van der Waals surface area (Å²) in [5.41, 5.74) is 4.38. The number of aromatic nitrogens is 1. The van der Waals surface area contributed by atoms with Crippen molar-refractivity contribution in [3.63, 3.8) is 0 Å². The molecule has 0 saturated carbocycles. The number of hydrogen-bond acceptors (Lipinski definition) is 4. The Morgan fingerprint density at radius 2 is 1.92 bits per heavy atom. The fourth-order valence-corrected chi connectivity index (χ4v) is 4.97. The van der Waals surface area contributed by atoms with Crippen LogP contribution in [0, 0.1) is 12.7 Å². The van der Waals surface area contributed by atoms with E-state index in [2.05, 4.69) is 20.5 Å². The first-order valence-corrected chi connectivity index (χ1v) is 12.2. The highest BCUT2D eigenvalue weighted by atomic mass is 19.1. The van der Waals surface area contributed by atoms with Gasteiger partial charge in [0.1, 0.15) is 5.82 Å². The second-order valence-electron chi connectivity index (χ2n) is 9.33. The quantitative estimate of drug-likeness (QED) is 0.380. The Bertz CT molecular complexity index is 1340. The molecule has 0 unspecified atom stereocenters. The van der Waals surface area contributed by atoms with E-state index in [0.29, 0.717) is 51.3 Å². The smallest absolute Gasteiger partial charge is 0.256 e. The predicted octanol–water partition coefficient (Wildman–Crippen LogP) is 3.81. The number of halogens is 1. The number of benzene rings is 2. The van der Waals surface area contributed by atoms with Gasteiger partial charge in [0.05, 0.1) is 17.2 Å². The van der Waals surface area contributed by atoms with Gasteiger partial charge in [-0.2, -0.15) is 0 Å². The predicted molar refractivity (Wildman–Crippen MR) is 138 cm³/mol. The Hall–Kier alpha value is -3.75. The van der Waals surface area contributed by atoms with Crippen LogP contribution in [0.2, 0.25) is 0 Å². The Kier molecular flexibility index (Phi) is 6.71. The van der Waals surface area contributed by atoms with Crippen LogP contribution in [0.15, 0.2) is 48.7 Å². The van der Waals surface area contributed by atoms with E-state index in [9.17, 15) is 19.1 Å². The number of aliphatic hydroxyl groups excluding tert-OH is 1. The lowest BCUT2D eigenvalue weighted by molar-refractivity contribution is -0.110. The van der Waals surface area contributed by atoms with E-state index in [1.165, 1.54) is 6.07 Å². The highest BCUT2D eigenvalue weighted by Gasteiger charge is 2.29. The first-order chi connectivity index (χ1) is 17.4. The number of H-pyrrole nitrogens is 1. The summed E-state index contributed by atoms with van der Waals surface area (Å²) in [4.78, 5) is 31.0. The summed E-state index contributed by atoms with van der Waals surface area (Å²) in [6.45, 7) is 4.47. The van der Waals surface area contributed by atoms with Gasteiger partial charge in [0.15, 0.2) is 0 Å². The van der Waals surface area contributed by atoms with Gasteiger partial charge in [0.25, 0.3) is 11.8 Å². The summed E-state index contributed by atoms with van der Waals surface area (Å²) in [6, 6.07) is 11.8. The number of aromatic amines is 1. The zero-order chi connectivity index (χ0) is 25.2. The molecule has 1 fully saturated rings. The molecule has 0 aliphatic carbocycles. The number of likely N-dealkylation sites (tertiary alicyclic amines) is 1. The number of nitrogens with one attached hydrogen (secondary N) is 3. The molecular weight excluding hydrogens is 459 g/mol. The molecule has 7 nitrogen and oxygen atoms in total. The van der Waals surface area contributed by atoms with Crippen molar-refractivity contribution in [1.29, 1.82) is 0 Å². The van der Waals surface area contributed by atoms with Gasteiger partial charge >= 0.3 is 0 Å². The summed E-state index contributed by atoms with van der Waals surface area (Å²) in [5, 5.41) is 15.9. The molecule has 0 spiro atoms. The van der Waals surface area contributed by atoms with Crippen LogP contribution in [-0.2, 0) is 4.79 Å². The van der Waals surface area contributed by atoms with Gasteiger partial charge in [-0.25, -0.2) is 4.39 Å². The van der Waals surface area contributed by atoms with Crippen molar-refractivity contribution in [2.45, 2.75) is 25.9 Å².